The SMILES string of the molecule is COCC(C)(C)N1CCNCC1.CO[C@]1(C=O)/C=C/C[C@H](C)[C@@H](C)S(=O)(=O)NC(=O)c2ccc3c(c2)N(C[C@@H]2CC[C@H]21)C[C@@]1(CCCc2cc(Cl)ccc21)CO3. The number of anilines is 1. The molecule has 6 atom stereocenters. The summed E-state index contributed by atoms with van der Waals surface area (Å²) in [5.74, 6) is -0.203. The van der Waals surface area contributed by atoms with Crippen LogP contribution in [0.3, 0.4) is 0 Å². The minimum atomic E-state index is -3.97. The molecule has 1 saturated carbocycles. The molecule has 2 aromatic carbocycles. The molecule has 3 aliphatic heterocycles. The van der Waals surface area contributed by atoms with Crippen molar-refractivity contribution in [2.45, 2.75) is 88.0 Å². The van der Waals surface area contributed by atoms with Gasteiger partial charge in [-0.2, -0.15) is 0 Å². The Morgan fingerprint density at radius 1 is 1.09 bits per heavy atom. The maximum atomic E-state index is 13.4. The van der Waals surface area contributed by atoms with E-state index in [1.807, 2.05) is 25.1 Å². The number of fused-ring (bicyclic) bond motifs is 4. The number of piperazine rings is 1. The summed E-state index contributed by atoms with van der Waals surface area (Å²) < 4.78 is 46.5. The van der Waals surface area contributed by atoms with Gasteiger partial charge in [-0.25, -0.2) is 13.1 Å². The van der Waals surface area contributed by atoms with Gasteiger partial charge in [0.25, 0.3) is 5.91 Å². The van der Waals surface area contributed by atoms with Gasteiger partial charge in [-0.15, -0.1) is 0 Å². The molecular weight excluding hydrogens is 752 g/mol. The van der Waals surface area contributed by atoms with Crippen LogP contribution in [0.4, 0.5) is 5.69 Å². The molecular formula is C43H61ClN4O7S. The topological polar surface area (TPSA) is 127 Å². The number of ether oxygens (including phenoxy) is 3. The zero-order valence-electron chi connectivity index (χ0n) is 33.9. The third-order valence-electron chi connectivity index (χ3n) is 13.2. The zero-order valence-corrected chi connectivity index (χ0v) is 35.5. The average Bonchev–Trinajstić information content (AvgIpc) is 3.32. The molecule has 1 amide bonds. The van der Waals surface area contributed by atoms with E-state index in [1.54, 1.807) is 39.3 Å². The van der Waals surface area contributed by atoms with E-state index in [0.717, 1.165) is 76.9 Å². The summed E-state index contributed by atoms with van der Waals surface area (Å²) in [7, 11) is -0.639. The van der Waals surface area contributed by atoms with E-state index in [4.69, 9.17) is 25.8 Å². The van der Waals surface area contributed by atoms with E-state index in [2.05, 4.69) is 45.8 Å². The molecule has 1 spiro atoms. The molecule has 0 radical (unpaired) electrons. The largest absolute Gasteiger partial charge is 0.490 e. The predicted molar refractivity (Wildman–Crippen MR) is 221 cm³/mol. The summed E-state index contributed by atoms with van der Waals surface area (Å²) in [6, 6.07) is 11.3. The summed E-state index contributed by atoms with van der Waals surface area (Å²) in [5.41, 5.74) is 2.24. The molecule has 0 unspecified atom stereocenters. The number of halogens is 1. The van der Waals surface area contributed by atoms with E-state index < -0.39 is 26.8 Å². The van der Waals surface area contributed by atoms with Crippen molar-refractivity contribution in [3.05, 3.63) is 70.3 Å². The molecule has 5 aliphatic rings. The number of hydrogen-bond acceptors (Lipinski definition) is 10. The van der Waals surface area contributed by atoms with Crippen LogP contribution in [0.5, 0.6) is 5.75 Å². The summed E-state index contributed by atoms with van der Waals surface area (Å²) in [6.45, 7) is 14.9. The number of aryl methyl sites for hydroxylation is 1. The minimum absolute atomic E-state index is 0.0434. The first-order valence-corrected chi connectivity index (χ1v) is 22.1. The lowest BCUT2D eigenvalue weighted by Gasteiger charge is -2.48. The molecule has 2 bridgehead atoms. The normalized spacial score (nSPS) is 31.2. The number of benzene rings is 2. The number of rotatable bonds is 5. The number of carbonyl (C=O) groups excluding carboxylic acids is 2. The fourth-order valence-electron chi connectivity index (χ4n) is 9.40. The molecule has 2 N–H and O–H groups in total. The quantitative estimate of drug-likeness (QED) is 0.284. The second kappa shape index (κ2) is 17.5. The molecule has 0 aromatic heterocycles. The first-order chi connectivity index (χ1) is 26.7. The number of allylic oxidation sites excluding steroid dienone is 1. The van der Waals surface area contributed by atoms with E-state index in [9.17, 15) is 18.0 Å². The Morgan fingerprint density at radius 3 is 2.54 bits per heavy atom. The Hall–Kier alpha value is -3.00. The van der Waals surface area contributed by atoms with Gasteiger partial charge in [-0.3, -0.25) is 14.5 Å². The van der Waals surface area contributed by atoms with Crippen LogP contribution in [0.1, 0.15) is 81.3 Å². The van der Waals surface area contributed by atoms with Gasteiger partial charge in [0.1, 0.15) is 11.4 Å². The van der Waals surface area contributed by atoms with Gasteiger partial charge < -0.3 is 24.4 Å². The van der Waals surface area contributed by atoms with Gasteiger partial charge in [0.2, 0.25) is 10.0 Å². The van der Waals surface area contributed by atoms with Crippen LogP contribution in [-0.2, 0) is 36.1 Å². The third-order valence-corrected chi connectivity index (χ3v) is 15.3. The fraction of sp³-hybridized carbons (Fsp3) is 0.628. The summed E-state index contributed by atoms with van der Waals surface area (Å²) in [6.07, 6.45) is 9.65. The molecule has 2 fully saturated rings. The van der Waals surface area contributed by atoms with Crippen molar-refractivity contribution in [2.24, 2.45) is 17.8 Å². The molecule has 1 saturated heterocycles. The highest BCUT2D eigenvalue weighted by molar-refractivity contribution is 7.90. The average molecular weight is 814 g/mol. The molecule has 3 heterocycles. The fourth-order valence-corrected chi connectivity index (χ4v) is 10.9. The van der Waals surface area contributed by atoms with Crippen LogP contribution in [0.25, 0.3) is 0 Å². The van der Waals surface area contributed by atoms with Crippen molar-refractivity contribution in [3.8, 4) is 5.75 Å². The van der Waals surface area contributed by atoms with Gasteiger partial charge in [-0.1, -0.05) is 30.7 Å². The van der Waals surface area contributed by atoms with Crippen LogP contribution in [0.15, 0.2) is 48.6 Å². The summed E-state index contributed by atoms with van der Waals surface area (Å²) >= 11 is 6.40. The Balaban J connectivity index is 0.000000380. The van der Waals surface area contributed by atoms with Crippen LogP contribution >= 0.6 is 11.6 Å². The standard InChI is InChI=1S/C34H41ClN2O6S.C9H20N2O/c1-22-6-4-15-34(20-38,42-3)29-11-8-26(29)18-37-19-33(14-5-7-24-16-27(35)10-12-28(24)33)21-43-31-13-9-25(17-30(31)37)32(39)36-44(40,41)23(22)2;1-9(2,8-12-3)11-6-4-10-5-7-11/h4,9-10,12-13,15-17,20,22-23,26,29H,5-8,11,14,18-19,21H2,1-3H3,(H,36,39);10H,4-8H2,1-3H3/b15-4+;/t22-,23+,26-,29+,33-,34-;/m0./s1. The molecule has 7 rings (SSSR count). The molecule has 2 aliphatic carbocycles. The van der Waals surface area contributed by atoms with Gasteiger partial charge in [-0.05, 0) is 119 Å². The lowest BCUT2D eigenvalue weighted by molar-refractivity contribution is -0.135. The second-order valence-corrected chi connectivity index (χ2v) is 19.7. The van der Waals surface area contributed by atoms with Crippen LogP contribution in [0, 0.1) is 17.8 Å². The molecule has 56 heavy (non-hydrogen) atoms. The van der Waals surface area contributed by atoms with Crippen molar-refractivity contribution in [2.75, 3.05) is 71.6 Å². The van der Waals surface area contributed by atoms with Gasteiger partial charge in [0.15, 0.2) is 6.29 Å². The van der Waals surface area contributed by atoms with Crippen molar-refractivity contribution >= 4 is 39.5 Å². The molecule has 11 nitrogen and oxygen atoms in total. The van der Waals surface area contributed by atoms with Crippen LogP contribution in [-0.4, -0.2) is 109 Å². The van der Waals surface area contributed by atoms with Crippen molar-refractivity contribution in [1.29, 1.82) is 0 Å². The second-order valence-electron chi connectivity index (χ2n) is 17.2. The van der Waals surface area contributed by atoms with E-state index in [1.165, 1.54) is 11.1 Å². The van der Waals surface area contributed by atoms with Gasteiger partial charge >= 0.3 is 0 Å². The lowest BCUT2D eigenvalue weighted by atomic mass is 9.64. The highest BCUT2D eigenvalue weighted by Crippen LogP contribution is 2.48. The predicted octanol–water partition coefficient (Wildman–Crippen LogP) is 5.78. The highest BCUT2D eigenvalue weighted by Gasteiger charge is 2.49. The monoisotopic (exact) mass is 812 g/mol. The highest BCUT2D eigenvalue weighted by atomic mass is 35.5. The Morgan fingerprint density at radius 2 is 1.86 bits per heavy atom. The molecule has 2 aromatic rings. The van der Waals surface area contributed by atoms with E-state index >= 15 is 0 Å². The Bertz CT molecular complexity index is 1870. The van der Waals surface area contributed by atoms with Gasteiger partial charge in [0, 0.05) is 80.9 Å². The number of hydrogen-bond donors (Lipinski definition) is 2. The lowest BCUT2D eigenvalue weighted by Crippen LogP contribution is -2.55. The Labute approximate surface area is 338 Å². The maximum Gasteiger partial charge on any atom is 0.264 e. The minimum Gasteiger partial charge on any atom is -0.490 e. The molecule has 308 valence electrons. The van der Waals surface area contributed by atoms with Crippen molar-refractivity contribution < 1.29 is 32.2 Å². The number of sulfonamides is 1. The van der Waals surface area contributed by atoms with Crippen LogP contribution in [0.2, 0.25) is 5.02 Å². The van der Waals surface area contributed by atoms with E-state index in [0.29, 0.717) is 36.9 Å². The Kier molecular flexibility index (Phi) is 13.3. The van der Waals surface area contributed by atoms with E-state index in [-0.39, 0.29) is 34.3 Å². The number of aldehydes is 1. The summed E-state index contributed by atoms with van der Waals surface area (Å²) in [5, 5.41) is 3.22. The maximum absolute atomic E-state index is 13.4. The van der Waals surface area contributed by atoms with Crippen molar-refractivity contribution in [3.63, 3.8) is 0 Å². The smallest absolute Gasteiger partial charge is 0.264 e. The number of nitrogens with one attached hydrogen (secondary N) is 2. The van der Waals surface area contributed by atoms with Crippen LogP contribution < -0.4 is 19.7 Å². The third kappa shape index (κ3) is 8.85. The molecule has 13 heteroatoms. The first-order valence-electron chi connectivity index (χ1n) is 20.2. The number of amides is 1. The number of nitrogens with zero attached hydrogens (tertiary/aromatic N) is 2. The van der Waals surface area contributed by atoms with Crippen molar-refractivity contribution in [1.82, 2.24) is 14.9 Å². The summed E-state index contributed by atoms with van der Waals surface area (Å²) in [4.78, 5) is 30.9. The number of methoxy groups -OCH3 is 2. The number of carbonyl (C=O) groups is 2. The van der Waals surface area contributed by atoms with Gasteiger partial charge in [0.05, 0.1) is 24.2 Å². The zero-order chi connectivity index (χ0) is 40.3. The first kappa shape index (κ1) is 42.6.